The van der Waals surface area contributed by atoms with Crippen molar-refractivity contribution < 1.29 is 15.0 Å². The highest BCUT2D eigenvalue weighted by molar-refractivity contribution is 5.70. The number of phenolic OH excluding ortho intramolecular Hbond substituents is 1. The monoisotopic (exact) mass is 249 g/mol. The van der Waals surface area contributed by atoms with Crippen LogP contribution in [-0.2, 0) is 4.79 Å². The lowest BCUT2D eigenvalue weighted by Crippen LogP contribution is -2.17. The van der Waals surface area contributed by atoms with Gasteiger partial charge in [0.15, 0.2) is 0 Å². The number of aromatic hydroxyl groups is 1. The van der Waals surface area contributed by atoms with E-state index >= 15 is 0 Å². The van der Waals surface area contributed by atoms with Crippen molar-refractivity contribution in [3.8, 4) is 5.75 Å². The first-order valence-corrected chi connectivity index (χ1v) is 6.27. The maximum absolute atomic E-state index is 10.9. The Morgan fingerprint density at radius 1 is 1.39 bits per heavy atom. The summed E-state index contributed by atoms with van der Waals surface area (Å²) in [5, 5.41) is 21.9. The minimum atomic E-state index is -0.755. The summed E-state index contributed by atoms with van der Waals surface area (Å²) in [5.41, 5.74) is 2.05. The molecular formula is C14H19NO3. The van der Waals surface area contributed by atoms with Crippen molar-refractivity contribution in [2.75, 3.05) is 6.54 Å². The molecule has 0 aliphatic carbocycles. The van der Waals surface area contributed by atoms with E-state index in [1.165, 1.54) is 0 Å². The lowest BCUT2D eigenvalue weighted by Gasteiger charge is -2.14. The zero-order chi connectivity index (χ0) is 13.3. The second-order valence-electron chi connectivity index (χ2n) is 5.24. The topological polar surface area (TPSA) is 69.6 Å². The highest BCUT2D eigenvalue weighted by atomic mass is 16.4. The van der Waals surface area contributed by atoms with Crippen molar-refractivity contribution in [2.24, 2.45) is 5.92 Å². The molecule has 4 nitrogen and oxygen atoms in total. The van der Waals surface area contributed by atoms with Crippen LogP contribution in [-0.4, -0.2) is 22.7 Å². The summed E-state index contributed by atoms with van der Waals surface area (Å²) in [5.74, 6) is -0.501. The SMILES string of the molecule is CC(C)c1cc(O)cc(C2CC(C(=O)O)CN2)c1. The fraction of sp³-hybridized carbons (Fsp3) is 0.500. The molecule has 0 radical (unpaired) electrons. The van der Waals surface area contributed by atoms with Crippen molar-refractivity contribution in [1.29, 1.82) is 0 Å². The minimum absolute atomic E-state index is 0.0238. The minimum Gasteiger partial charge on any atom is -0.508 e. The van der Waals surface area contributed by atoms with Crippen molar-refractivity contribution >= 4 is 5.97 Å². The largest absolute Gasteiger partial charge is 0.508 e. The van der Waals surface area contributed by atoms with Crippen LogP contribution in [0.15, 0.2) is 18.2 Å². The van der Waals surface area contributed by atoms with Gasteiger partial charge in [-0.25, -0.2) is 0 Å². The summed E-state index contributed by atoms with van der Waals surface area (Å²) in [7, 11) is 0. The van der Waals surface area contributed by atoms with E-state index in [2.05, 4.69) is 19.2 Å². The number of hydrogen-bond donors (Lipinski definition) is 3. The molecule has 1 aliphatic heterocycles. The molecule has 1 aliphatic rings. The van der Waals surface area contributed by atoms with Gasteiger partial charge in [-0.2, -0.15) is 0 Å². The fourth-order valence-electron chi connectivity index (χ4n) is 2.37. The van der Waals surface area contributed by atoms with Crippen molar-refractivity contribution in [1.82, 2.24) is 5.32 Å². The Morgan fingerprint density at radius 3 is 2.67 bits per heavy atom. The third-order valence-corrected chi connectivity index (χ3v) is 3.51. The molecular weight excluding hydrogens is 230 g/mol. The van der Waals surface area contributed by atoms with Gasteiger partial charge in [0.05, 0.1) is 5.92 Å². The van der Waals surface area contributed by atoms with Crippen LogP contribution in [0.3, 0.4) is 0 Å². The number of carbonyl (C=O) groups is 1. The third kappa shape index (κ3) is 2.64. The van der Waals surface area contributed by atoms with Gasteiger partial charge in [-0.3, -0.25) is 4.79 Å². The molecule has 1 aromatic rings. The van der Waals surface area contributed by atoms with Gasteiger partial charge in [-0.15, -0.1) is 0 Å². The van der Waals surface area contributed by atoms with Crippen LogP contribution in [0.5, 0.6) is 5.75 Å². The van der Waals surface area contributed by atoms with E-state index in [9.17, 15) is 9.90 Å². The van der Waals surface area contributed by atoms with Gasteiger partial charge >= 0.3 is 5.97 Å². The zero-order valence-electron chi connectivity index (χ0n) is 10.7. The Labute approximate surface area is 107 Å². The van der Waals surface area contributed by atoms with Gasteiger partial charge < -0.3 is 15.5 Å². The maximum atomic E-state index is 10.9. The zero-order valence-corrected chi connectivity index (χ0v) is 10.7. The first kappa shape index (κ1) is 12.9. The Kier molecular flexibility index (Phi) is 3.57. The smallest absolute Gasteiger partial charge is 0.307 e. The highest BCUT2D eigenvalue weighted by Crippen LogP contribution is 2.31. The molecule has 2 rings (SSSR count). The third-order valence-electron chi connectivity index (χ3n) is 3.51. The summed E-state index contributed by atoms with van der Waals surface area (Å²) >= 11 is 0. The molecule has 18 heavy (non-hydrogen) atoms. The number of benzene rings is 1. The predicted molar refractivity (Wildman–Crippen MR) is 68.7 cm³/mol. The first-order chi connectivity index (χ1) is 8.47. The summed E-state index contributed by atoms with van der Waals surface area (Å²) < 4.78 is 0. The molecule has 1 heterocycles. The lowest BCUT2D eigenvalue weighted by molar-refractivity contribution is -0.141. The average Bonchev–Trinajstić information content (AvgIpc) is 2.77. The summed E-state index contributed by atoms with van der Waals surface area (Å²) in [6.45, 7) is 4.63. The van der Waals surface area contributed by atoms with Crippen LogP contribution < -0.4 is 5.32 Å². The second-order valence-corrected chi connectivity index (χ2v) is 5.24. The van der Waals surface area contributed by atoms with Crippen LogP contribution in [0.2, 0.25) is 0 Å². The molecule has 1 aromatic carbocycles. The van der Waals surface area contributed by atoms with Crippen LogP contribution in [0.4, 0.5) is 0 Å². The number of phenols is 1. The molecule has 0 bridgehead atoms. The maximum Gasteiger partial charge on any atom is 0.307 e. The van der Waals surface area contributed by atoms with E-state index < -0.39 is 5.97 Å². The Hall–Kier alpha value is -1.55. The van der Waals surface area contributed by atoms with Crippen molar-refractivity contribution in [3.05, 3.63) is 29.3 Å². The molecule has 0 aromatic heterocycles. The molecule has 2 unspecified atom stereocenters. The van der Waals surface area contributed by atoms with Crippen LogP contribution in [0, 0.1) is 5.92 Å². The quantitative estimate of drug-likeness (QED) is 0.768. The Bertz CT molecular complexity index is 456. The molecule has 1 fully saturated rings. The molecule has 2 atom stereocenters. The van der Waals surface area contributed by atoms with E-state index in [1.54, 1.807) is 12.1 Å². The molecule has 98 valence electrons. The molecule has 3 N–H and O–H groups in total. The molecule has 4 heteroatoms. The number of aliphatic carboxylic acids is 1. The molecule has 0 amide bonds. The number of carboxylic acid groups (broad SMARTS) is 1. The van der Waals surface area contributed by atoms with Gasteiger partial charge in [0, 0.05) is 12.6 Å². The standard InChI is InChI=1S/C14H19NO3/c1-8(2)9-3-10(5-12(16)4-9)13-6-11(7-15-13)14(17)18/h3-5,8,11,13,15-16H,6-7H2,1-2H3,(H,17,18). The van der Waals surface area contributed by atoms with E-state index in [0.717, 1.165) is 11.1 Å². The average molecular weight is 249 g/mol. The van der Waals surface area contributed by atoms with Gasteiger partial charge in [0.1, 0.15) is 5.75 Å². The van der Waals surface area contributed by atoms with E-state index in [-0.39, 0.29) is 17.7 Å². The van der Waals surface area contributed by atoms with Crippen LogP contribution in [0.1, 0.15) is 43.4 Å². The number of rotatable bonds is 3. The molecule has 0 saturated carbocycles. The summed E-state index contributed by atoms with van der Waals surface area (Å²) in [6.07, 6.45) is 0.580. The number of hydrogen-bond acceptors (Lipinski definition) is 3. The van der Waals surface area contributed by atoms with Gasteiger partial charge in [-0.05, 0) is 35.6 Å². The predicted octanol–water partition coefficient (Wildman–Crippen LogP) is 2.25. The number of carboxylic acids is 1. The van der Waals surface area contributed by atoms with Gasteiger partial charge in [0.25, 0.3) is 0 Å². The van der Waals surface area contributed by atoms with Crippen LogP contribution in [0.25, 0.3) is 0 Å². The molecule has 0 spiro atoms. The fourth-order valence-corrected chi connectivity index (χ4v) is 2.37. The van der Waals surface area contributed by atoms with E-state index in [1.807, 2.05) is 6.07 Å². The second kappa shape index (κ2) is 4.98. The summed E-state index contributed by atoms with van der Waals surface area (Å²) in [4.78, 5) is 10.9. The summed E-state index contributed by atoms with van der Waals surface area (Å²) in [6, 6.07) is 5.55. The van der Waals surface area contributed by atoms with Crippen molar-refractivity contribution in [2.45, 2.75) is 32.2 Å². The Morgan fingerprint density at radius 2 is 2.11 bits per heavy atom. The first-order valence-electron chi connectivity index (χ1n) is 6.27. The Balaban J connectivity index is 2.21. The van der Waals surface area contributed by atoms with Crippen molar-refractivity contribution in [3.63, 3.8) is 0 Å². The lowest BCUT2D eigenvalue weighted by atomic mass is 9.95. The van der Waals surface area contributed by atoms with Crippen LogP contribution >= 0.6 is 0 Å². The normalized spacial score (nSPS) is 23.5. The highest BCUT2D eigenvalue weighted by Gasteiger charge is 2.30. The van der Waals surface area contributed by atoms with Gasteiger partial charge in [0.2, 0.25) is 0 Å². The van der Waals surface area contributed by atoms with E-state index in [0.29, 0.717) is 18.9 Å². The van der Waals surface area contributed by atoms with Gasteiger partial charge in [-0.1, -0.05) is 19.9 Å². The number of nitrogens with one attached hydrogen (secondary N) is 1. The van der Waals surface area contributed by atoms with E-state index in [4.69, 9.17) is 5.11 Å². The molecule has 1 saturated heterocycles.